The molecule has 0 saturated heterocycles. The Labute approximate surface area is 154 Å². The molecule has 0 N–H and O–H groups in total. The molecule has 0 fully saturated rings. The molecule has 0 atom stereocenters. The van der Waals surface area contributed by atoms with Crippen LogP contribution in [0.1, 0.15) is 5.56 Å². The van der Waals surface area contributed by atoms with Crippen LogP contribution in [0.2, 0.25) is 0 Å². The van der Waals surface area contributed by atoms with Crippen LogP contribution in [0.25, 0.3) is 10.8 Å². The lowest BCUT2D eigenvalue weighted by molar-refractivity contribution is -0.385. The Morgan fingerprint density at radius 1 is 1.00 bits per heavy atom. The predicted octanol–water partition coefficient (Wildman–Crippen LogP) is 4.30. The summed E-state index contributed by atoms with van der Waals surface area (Å²) in [6.45, 7) is 0.152. The lowest BCUT2D eigenvalue weighted by atomic mass is 10.1. The molecule has 0 saturated carbocycles. The van der Waals surface area contributed by atoms with Crippen molar-refractivity contribution in [2.45, 2.75) is 11.3 Å². The van der Waals surface area contributed by atoms with Gasteiger partial charge < -0.3 is 4.74 Å². The lowest BCUT2D eigenvalue weighted by Crippen LogP contribution is -2.05. The third-order valence-electron chi connectivity index (χ3n) is 3.86. The fourth-order valence-corrected chi connectivity index (χ4v) is 3.57. The van der Waals surface area contributed by atoms with Crippen molar-refractivity contribution in [3.05, 3.63) is 76.3 Å². The van der Waals surface area contributed by atoms with Crippen LogP contribution in [0.3, 0.4) is 0 Å². The largest absolute Gasteiger partial charge is 0.492 e. The van der Waals surface area contributed by atoms with E-state index in [9.17, 15) is 18.5 Å². The number of rotatable bonds is 6. The number of hydrogen-bond donors (Lipinski definition) is 0. The summed E-state index contributed by atoms with van der Waals surface area (Å²) in [5.41, 5.74) is 0.735. The van der Waals surface area contributed by atoms with Crippen molar-refractivity contribution in [2.75, 3.05) is 6.61 Å². The number of ether oxygens (including phenoxy) is 1. The molecule has 0 heterocycles. The number of benzene rings is 3. The summed E-state index contributed by atoms with van der Waals surface area (Å²) < 4.78 is 28.8. The maximum Gasteiger partial charge on any atom is 0.273 e. The van der Waals surface area contributed by atoms with Gasteiger partial charge in [-0.15, -0.1) is 0 Å². The molecule has 3 aromatic carbocycles. The Bertz CT molecular complexity index is 1080. The van der Waals surface area contributed by atoms with Crippen LogP contribution in [0.15, 0.2) is 65.6 Å². The highest BCUT2D eigenvalue weighted by Gasteiger charge is 2.20. The summed E-state index contributed by atoms with van der Waals surface area (Å²) in [7, 11) is 1.30. The number of nitrogens with zero attached hydrogens (tertiary/aromatic N) is 1. The van der Waals surface area contributed by atoms with Crippen molar-refractivity contribution in [3.63, 3.8) is 0 Å². The van der Waals surface area contributed by atoms with Gasteiger partial charge in [0.2, 0.25) is 0 Å². The first-order chi connectivity index (χ1) is 12.3. The number of fused-ring (bicyclic) bond motifs is 1. The third-order valence-corrected chi connectivity index (χ3v) is 5.22. The van der Waals surface area contributed by atoms with E-state index in [0.29, 0.717) is 6.42 Å². The molecule has 0 unspecified atom stereocenters. The number of non-ortho nitro benzene ring substituents is 1. The molecule has 3 aromatic rings. The smallest absolute Gasteiger partial charge is 0.273 e. The molecule has 134 valence electrons. The molecule has 8 heteroatoms. The SMILES string of the molecule is O=[N+]([O-])c1ccc(S(=O)(=O)Cl)c(OCCc2ccc3ccccc3c2)c1. The van der Waals surface area contributed by atoms with E-state index >= 15 is 0 Å². The van der Waals surface area contributed by atoms with Gasteiger partial charge in [0.05, 0.1) is 17.6 Å². The average molecular weight is 392 g/mol. The summed E-state index contributed by atoms with van der Waals surface area (Å²) in [6.07, 6.45) is 0.509. The highest BCUT2D eigenvalue weighted by atomic mass is 35.7. The summed E-state index contributed by atoms with van der Waals surface area (Å²) in [6, 6.07) is 17.1. The molecule has 3 rings (SSSR count). The highest BCUT2D eigenvalue weighted by Crippen LogP contribution is 2.31. The quantitative estimate of drug-likeness (QED) is 0.355. The zero-order chi connectivity index (χ0) is 18.7. The first kappa shape index (κ1) is 18.2. The van der Waals surface area contributed by atoms with Crippen molar-refractivity contribution >= 4 is 36.2 Å². The monoisotopic (exact) mass is 391 g/mol. The molecule has 0 radical (unpaired) electrons. The molecule has 0 bridgehead atoms. The normalized spacial score (nSPS) is 11.4. The van der Waals surface area contributed by atoms with Crippen LogP contribution in [0.5, 0.6) is 5.75 Å². The van der Waals surface area contributed by atoms with Crippen LogP contribution in [-0.2, 0) is 15.5 Å². The molecule has 0 aromatic heterocycles. The second-order valence-electron chi connectivity index (χ2n) is 5.61. The van der Waals surface area contributed by atoms with E-state index in [0.717, 1.165) is 34.5 Å². The summed E-state index contributed by atoms with van der Waals surface area (Å²) in [4.78, 5) is 9.99. The lowest BCUT2D eigenvalue weighted by Gasteiger charge is -2.10. The van der Waals surface area contributed by atoms with Gasteiger partial charge in [0.1, 0.15) is 10.6 Å². The minimum Gasteiger partial charge on any atom is -0.492 e. The van der Waals surface area contributed by atoms with Crippen molar-refractivity contribution in [3.8, 4) is 5.75 Å². The second-order valence-corrected chi connectivity index (χ2v) is 8.14. The van der Waals surface area contributed by atoms with Crippen LogP contribution in [0.4, 0.5) is 5.69 Å². The van der Waals surface area contributed by atoms with Crippen LogP contribution < -0.4 is 4.74 Å². The van der Waals surface area contributed by atoms with Crippen LogP contribution in [0, 0.1) is 10.1 Å². The summed E-state index contributed by atoms with van der Waals surface area (Å²) >= 11 is 0. The zero-order valence-corrected chi connectivity index (χ0v) is 15.0. The zero-order valence-electron chi connectivity index (χ0n) is 13.5. The first-order valence-corrected chi connectivity index (χ1v) is 9.99. The Morgan fingerprint density at radius 2 is 1.73 bits per heavy atom. The van der Waals surface area contributed by atoms with E-state index < -0.39 is 14.0 Å². The van der Waals surface area contributed by atoms with Gasteiger partial charge in [-0.25, -0.2) is 8.42 Å². The van der Waals surface area contributed by atoms with E-state index in [2.05, 4.69) is 0 Å². The minimum atomic E-state index is -4.08. The van der Waals surface area contributed by atoms with E-state index in [1.165, 1.54) is 0 Å². The first-order valence-electron chi connectivity index (χ1n) is 7.68. The molecule has 0 aliphatic carbocycles. The van der Waals surface area contributed by atoms with Gasteiger partial charge in [-0.2, -0.15) is 0 Å². The molecule has 0 aliphatic rings. The third kappa shape index (κ3) is 4.12. The molecule has 26 heavy (non-hydrogen) atoms. The topological polar surface area (TPSA) is 86.5 Å². The minimum absolute atomic E-state index is 0.130. The van der Waals surface area contributed by atoms with Crippen LogP contribution >= 0.6 is 10.7 Å². The summed E-state index contributed by atoms with van der Waals surface area (Å²) in [5, 5.41) is 13.1. The predicted molar refractivity (Wildman–Crippen MR) is 99.3 cm³/mol. The van der Waals surface area contributed by atoms with Gasteiger partial charge in [0.25, 0.3) is 14.7 Å². The second kappa shape index (κ2) is 7.31. The molecule has 0 spiro atoms. The van der Waals surface area contributed by atoms with E-state index in [1.807, 2.05) is 42.5 Å². The van der Waals surface area contributed by atoms with Crippen molar-refractivity contribution in [1.82, 2.24) is 0 Å². The maximum absolute atomic E-state index is 11.6. The van der Waals surface area contributed by atoms with Gasteiger partial charge in [0.15, 0.2) is 0 Å². The van der Waals surface area contributed by atoms with Crippen molar-refractivity contribution in [1.29, 1.82) is 0 Å². The Kier molecular flexibility index (Phi) is 5.11. The molecule has 6 nitrogen and oxygen atoms in total. The van der Waals surface area contributed by atoms with Crippen LogP contribution in [-0.4, -0.2) is 19.9 Å². The highest BCUT2D eigenvalue weighted by molar-refractivity contribution is 8.13. The molecule has 0 amide bonds. The standard InChI is InChI=1S/C18H14ClNO5S/c19-26(23,24)18-8-7-16(20(21)22)12-17(18)25-10-9-13-5-6-14-3-1-2-4-15(14)11-13/h1-8,11-12H,9-10H2. The Hall–Kier alpha value is -2.64. The van der Waals surface area contributed by atoms with Crippen molar-refractivity contribution in [2.24, 2.45) is 0 Å². The van der Waals surface area contributed by atoms with Gasteiger partial charge in [-0.05, 0) is 22.4 Å². The molecular weight excluding hydrogens is 378 g/mol. The molecular formula is C18H14ClNO5S. The number of nitro groups is 1. The number of halogens is 1. The van der Waals surface area contributed by atoms with E-state index in [-0.39, 0.29) is 22.9 Å². The Balaban J connectivity index is 1.79. The van der Waals surface area contributed by atoms with Gasteiger partial charge >= 0.3 is 0 Å². The average Bonchev–Trinajstić information content (AvgIpc) is 2.60. The van der Waals surface area contributed by atoms with Gasteiger partial charge in [0, 0.05) is 23.2 Å². The van der Waals surface area contributed by atoms with E-state index in [4.69, 9.17) is 15.4 Å². The Morgan fingerprint density at radius 3 is 2.42 bits per heavy atom. The fraction of sp³-hybridized carbons (Fsp3) is 0.111. The summed E-state index contributed by atoms with van der Waals surface area (Å²) in [5.74, 6) is -0.130. The van der Waals surface area contributed by atoms with Crippen molar-refractivity contribution < 1.29 is 18.1 Å². The molecule has 0 aliphatic heterocycles. The number of nitro benzene ring substituents is 1. The maximum atomic E-state index is 11.6. The van der Waals surface area contributed by atoms with Gasteiger partial charge in [-0.3, -0.25) is 10.1 Å². The van der Waals surface area contributed by atoms with Gasteiger partial charge in [-0.1, -0.05) is 42.5 Å². The number of hydrogen-bond acceptors (Lipinski definition) is 5. The van der Waals surface area contributed by atoms with E-state index in [1.54, 1.807) is 0 Å². The fourth-order valence-electron chi connectivity index (χ4n) is 2.60.